The van der Waals surface area contributed by atoms with E-state index in [1.807, 2.05) is 18.2 Å². The Bertz CT molecular complexity index is 398. The predicted octanol–water partition coefficient (Wildman–Crippen LogP) is 4.85. The topological polar surface area (TPSA) is 29.5 Å². The van der Waals surface area contributed by atoms with E-state index in [1.165, 1.54) is 38.5 Å². The third kappa shape index (κ3) is 4.22. The molecule has 3 heteroatoms. The Morgan fingerprint density at radius 1 is 1.26 bits per heavy atom. The molecule has 1 aromatic rings. The fraction of sp³-hybridized carbons (Fsp3) is 0.625. The van der Waals surface area contributed by atoms with E-state index in [9.17, 15) is 5.11 Å². The van der Waals surface area contributed by atoms with E-state index >= 15 is 0 Å². The first kappa shape index (κ1) is 14.9. The van der Waals surface area contributed by atoms with Crippen molar-refractivity contribution in [3.05, 3.63) is 28.2 Å². The monoisotopic (exact) mass is 326 g/mol. The Morgan fingerprint density at radius 2 is 1.95 bits per heavy atom. The molecule has 1 atom stereocenters. The summed E-state index contributed by atoms with van der Waals surface area (Å²) in [5.74, 6) is 1.49. The Balaban J connectivity index is 2.00. The number of rotatable bonds is 4. The smallest absolute Gasteiger partial charge is 0.120 e. The normalized spacial score (nSPS) is 18.9. The van der Waals surface area contributed by atoms with Crippen molar-refractivity contribution in [1.82, 2.24) is 0 Å². The fourth-order valence-corrected chi connectivity index (χ4v) is 3.57. The minimum Gasteiger partial charge on any atom is -0.497 e. The molecule has 1 aliphatic rings. The molecule has 0 aromatic heterocycles. The van der Waals surface area contributed by atoms with E-state index in [4.69, 9.17) is 4.74 Å². The van der Waals surface area contributed by atoms with E-state index in [-0.39, 0.29) is 6.10 Å². The minimum atomic E-state index is -0.372. The van der Waals surface area contributed by atoms with Crippen LogP contribution in [0.5, 0.6) is 5.75 Å². The maximum Gasteiger partial charge on any atom is 0.120 e. The molecule has 1 saturated carbocycles. The Morgan fingerprint density at radius 3 is 2.53 bits per heavy atom. The highest BCUT2D eigenvalue weighted by atomic mass is 79.9. The summed E-state index contributed by atoms with van der Waals surface area (Å²) in [7, 11) is 1.66. The molecule has 2 nitrogen and oxygen atoms in total. The van der Waals surface area contributed by atoms with Gasteiger partial charge in [0.25, 0.3) is 0 Å². The second-order valence-electron chi connectivity index (χ2n) is 5.50. The highest BCUT2D eigenvalue weighted by Crippen LogP contribution is 2.34. The number of halogens is 1. The lowest BCUT2D eigenvalue weighted by Gasteiger charge is -2.20. The van der Waals surface area contributed by atoms with E-state index < -0.39 is 0 Å². The summed E-state index contributed by atoms with van der Waals surface area (Å²) >= 11 is 3.53. The van der Waals surface area contributed by atoms with Gasteiger partial charge < -0.3 is 9.84 Å². The zero-order valence-corrected chi connectivity index (χ0v) is 13.2. The quantitative estimate of drug-likeness (QED) is 0.801. The molecule has 1 fully saturated rings. The van der Waals surface area contributed by atoms with Gasteiger partial charge in [0.1, 0.15) is 5.75 Å². The van der Waals surface area contributed by atoms with Crippen molar-refractivity contribution in [2.75, 3.05) is 7.11 Å². The lowest BCUT2D eigenvalue weighted by atomic mass is 9.91. The van der Waals surface area contributed by atoms with Gasteiger partial charge in [0, 0.05) is 4.47 Å². The first-order valence-electron chi connectivity index (χ1n) is 7.22. The number of hydrogen-bond acceptors (Lipinski definition) is 2. The number of methoxy groups -OCH3 is 1. The molecular weight excluding hydrogens is 304 g/mol. The van der Waals surface area contributed by atoms with Crippen molar-refractivity contribution in [2.45, 2.75) is 51.0 Å². The minimum absolute atomic E-state index is 0.372. The van der Waals surface area contributed by atoms with Gasteiger partial charge in [0.15, 0.2) is 0 Å². The summed E-state index contributed by atoms with van der Waals surface area (Å²) in [5, 5.41) is 10.4. The number of benzene rings is 1. The Hall–Kier alpha value is -0.540. The van der Waals surface area contributed by atoms with E-state index in [2.05, 4.69) is 15.9 Å². The summed E-state index contributed by atoms with van der Waals surface area (Å²) < 4.78 is 6.12. The van der Waals surface area contributed by atoms with Gasteiger partial charge in [-0.2, -0.15) is 0 Å². The van der Waals surface area contributed by atoms with Gasteiger partial charge in [-0.05, 0) is 30.0 Å². The molecule has 0 saturated heterocycles. The molecule has 1 unspecified atom stereocenters. The third-order valence-electron chi connectivity index (χ3n) is 4.10. The molecule has 0 radical (unpaired) electrons. The van der Waals surface area contributed by atoms with E-state index in [0.717, 1.165) is 22.2 Å². The zero-order chi connectivity index (χ0) is 13.7. The van der Waals surface area contributed by atoms with E-state index in [1.54, 1.807) is 7.11 Å². The molecule has 0 bridgehead atoms. The van der Waals surface area contributed by atoms with E-state index in [0.29, 0.717) is 5.92 Å². The van der Waals surface area contributed by atoms with Crippen LogP contribution in [0.25, 0.3) is 0 Å². The van der Waals surface area contributed by atoms with Crippen molar-refractivity contribution in [1.29, 1.82) is 0 Å². The molecule has 19 heavy (non-hydrogen) atoms. The molecule has 0 spiro atoms. The zero-order valence-electron chi connectivity index (χ0n) is 11.6. The maximum atomic E-state index is 10.4. The van der Waals surface area contributed by atoms with Crippen LogP contribution < -0.4 is 4.74 Å². The van der Waals surface area contributed by atoms with Gasteiger partial charge in [0.05, 0.1) is 13.2 Å². The van der Waals surface area contributed by atoms with Crippen molar-refractivity contribution in [3.63, 3.8) is 0 Å². The lowest BCUT2D eigenvalue weighted by Crippen LogP contribution is -2.07. The SMILES string of the molecule is COc1ccc(C(O)CC2CCCCCC2)c(Br)c1. The average Bonchev–Trinajstić information content (AvgIpc) is 2.67. The van der Waals surface area contributed by atoms with Crippen LogP contribution in [0.2, 0.25) is 0 Å². The van der Waals surface area contributed by atoms with Gasteiger partial charge in [-0.1, -0.05) is 60.5 Å². The summed E-state index contributed by atoms with van der Waals surface area (Å²) in [6.07, 6.45) is 8.41. The second kappa shape index (κ2) is 7.30. The van der Waals surface area contributed by atoms with Crippen molar-refractivity contribution >= 4 is 15.9 Å². The van der Waals surface area contributed by atoms with Crippen LogP contribution in [0.1, 0.15) is 56.6 Å². The molecule has 0 amide bonds. The maximum absolute atomic E-state index is 10.4. The Kier molecular flexibility index (Phi) is 5.71. The number of ether oxygens (including phenoxy) is 1. The highest BCUT2D eigenvalue weighted by molar-refractivity contribution is 9.10. The van der Waals surface area contributed by atoms with Crippen molar-refractivity contribution < 1.29 is 9.84 Å². The molecule has 0 aliphatic heterocycles. The average molecular weight is 327 g/mol. The van der Waals surface area contributed by atoms with Crippen LogP contribution in [0, 0.1) is 5.92 Å². The molecule has 1 aromatic carbocycles. The van der Waals surface area contributed by atoms with Crippen LogP contribution >= 0.6 is 15.9 Å². The first-order chi connectivity index (χ1) is 9.20. The number of aliphatic hydroxyl groups is 1. The fourth-order valence-electron chi connectivity index (χ4n) is 2.95. The van der Waals surface area contributed by atoms with Gasteiger partial charge >= 0.3 is 0 Å². The van der Waals surface area contributed by atoms with Gasteiger partial charge in [-0.15, -0.1) is 0 Å². The molecular formula is C16H23BrO2. The van der Waals surface area contributed by atoms with Crippen LogP contribution in [0.3, 0.4) is 0 Å². The first-order valence-corrected chi connectivity index (χ1v) is 8.01. The summed E-state index contributed by atoms with van der Waals surface area (Å²) in [5.41, 5.74) is 0.977. The van der Waals surface area contributed by atoms with Crippen LogP contribution in [-0.2, 0) is 0 Å². The summed E-state index contributed by atoms with van der Waals surface area (Å²) in [4.78, 5) is 0. The van der Waals surface area contributed by atoms with Crippen molar-refractivity contribution in [3.8, 4) is 5.75 Å². The standard InChI is InChI=1S/C16H23BrO2/c1-19-13-8-9-14(15(17)11-13)16(18)10-12-6-4-2-3-5-7-12/h8-9,11-12,16,18H,2-7,10H2,1H3. The van der Waals surface area contributed by atoms with Crippen LogP contribution in [0.4, 0.5) is 0 Å². The number of aliphatic hydroxyl groups excluding tert-OH is 1. The van der Waals surface area contributed by atoms with Gasteiger partial charge in [-0.3, -0.25) is 0 Å². The van der Waals surface area contributed by atoms with Gasteiger partial charge in [-0.25, -0.2) is 0 Å². The Labute approximate surface area is 124 Å². The predicted molar refractivity (Wildman–Crippen MR) is 81.5 cm³/mol. The molecule has 1 N–H and O–H groups in total. The third-order valence-corrected chi connectivity index (χ3v) is 4.78. The van der Waals surface area contributed by atoms with Crippen LogP contribution in [0.15, 0.2) is 22.7 Å². The largest absolute Gasteiger partial charge is 0.497 e. The molecule has 1 aliphatic carbocycles. The summed E-state index contributed by atoms with van der Waals surface area (Å²) in [6, 6.07) is 5.80. The number of hydrogen-bond donors (Lipinski definition) is 1. The highest BCUT2D eigenvalue weighted by Gasteiger charge is 2.19. The van der Waals surface area contributed by atoms with Crippen molar-refractivity contribution in [2.24, 2.45) is 5.92 Å². The lowest BCUT2D eigenvalue weighted by molar-refractivity contribution is 0.138. The van der Waals surface area contributed by atoms with Crippen LogP contribution in [-0.4, -0.2) is 12.2 Å². The second-order valence-corrected chi connectivity index (χ2v) is 6.35. The molecule has 106 valence electrons. The van der Waals surface area contributed by atoms with Gasteiger partial charge in [0.2, 0.25) is 0 Å². The molecule has 0 heterocycles. The summed E-state index contributed by atoms with van der Waals surface area (Å²) in [6.45, 7) is 0. The molecule has 2 rings (SSSR count).